The number of amides is 1. The van der Waals surface area contributed by atoms with Gasteiger partial charge in [-0.1, -0.05) is 36.4 Å². The molecule has 2 aromatic rings. The van der Waals surface area contributed by atoms with E-state index in [2.05, 4.69) is 5.32 Å². The van der Waals surface area contributed by atoms with Gasteiger partial charge in [-0.15, -0.1) is 11.8 Å². The number of Topliss-reactive ketones (excluding diaryl/α,β-unsaturated/α-hetero) is 1. The number of thioether (sulfide) groups is 1. The van der Waals surface area contributed by atoms with Crippen molar-refractivity contribution in [2.24, 2.45) is 0 Å². The van der Waals surface area contributed by atoms with E-state index in [1.807, 2.05) is 24.3 Å². The summed E-state index contributed by atoms with van der Waals surface area (Å²) in [5.41, 5.74) is 1.26. The number of hydrogen-bond donors (Lipinski definition) is 2. The Morgan fingerprint density at radius 2 is 1.71 bits per heavy atom. The number of benzene rings is 2. The van der Waals surface area contributed by atoms with Crippen molar-refractivity contribution in [2.75, 3.05) is 11.1 Å². The summed E-state index contributed by atoms with van der Waals surface area (Å²) in [6.45, 7) is 0. The zero-order valence-electron chi connectivity index (χ0n) is 12.9. The van der Waals surface area contributed by atoms with Gasteiger partial charge >= 0.3 is 5.97 Å². The molecule has 2 rings (SSSR count). The Hall–Kier alpha value is -2.60. The highest BCUT2D eigenvalue weighted by atomic mass is 32.2. The van der Waals surface area contributed by atoms with Crippen LogP contribution in [0.5, 0.6) is 0 Å². The lowest BCUT2D eigenvalue weighted by molar-refractivity contribution is -0.138. The van der Waals surface area contributed by atoms with Gasteiger partial charge in [0, 0.05) is 22.6 Å². The molecule has 0 aliphatic carbocycles. The number of carboxylic acids is 1. The SMILES string of the molecule is O=C(O)CCC(=O)Nc1cccc(SCC(=O)c2ccccc2)c1. The minimum Gasteiger partial charge on any atom is -0.481 e. The van der Waals surface area contributed by atoms with Gasteiger partial charge in [-0.05, 0) is 18.2 Å². The van der Waals surface area contributed by atoms with Crippen LogP contribution in [-0.2, 0) is 9.59 Å². The molecule has 0 bridgehead atoms. The molecule has 0 aromatic heterocycles. The quantitative estimate of drug-likeness (QED) is 0.566. The normalized spacial score (nSPS) is 10.2. The zero-order valence-corrected chi connectivity index (χ0v) is 13.7. The molecule has 0 spiro atoms. The highest BCUT2D eigenvalue weighted by Gasteiger charge is 2.08. The largest absolute Gasteiger partial charge is 0.481 e. The van der Waals surface area contributed by atoms with E-state index in [1.165, 1.54) is 11.8 Å². The van der Waals surface area contributed by atoms with E-state index in [9.17, 15) is 14.4 Å². The fourth-order valence-electron chi connectivity index (χ4n) is 1.96. The molecular formula is C18H17NO4S. The number of rotatable bonds is 8. The number of anilines is 1. The van der Waals surface area contributed by atoms with Gasteiger partial charge in [-0.25, -0.2) is 0 Å². The molecule has 2 aromatic carbocycles. The Kier molecular flexibility index (Phi) is 6.57. The lowest BCUT2D eigenvalue weighted by Crippen LogP contribution is -2.13. The topological polar surface area (TPSA) is 83.5 Å². The molecular weight excluding hydrogens is 326 g/mol. The van der Waals surface area contributed by atoms with E-state index in [-0.39, 0.29) is 24.5 Å². The molecule has 1 amide bonds. The molecule has 0 aliphatic rings. The van der Waals surface area contributed by atoms with Crippen molar-refractivity contribution in [3.63, 3.8) is 0 Å². The lowest BCUT2D eigenvalue weighted by atomic mass is 10.2. The molecule has 0 saturated carbocycles. The summed E-state index contributed by atoms with van der Waals surface area (Å²) in [6, 6.07) is 16.2. The maximum Gasteiger partial charge on any atom is 0.303 e. The van der Waals surface area contributed by atoms with Gasteiger partial charge in [0.25, 0.3) is 0 Å². The Morgan fingerprint density at radius 3 is 2.42 bits per heavy atom. The van der Waals surface area contributed by atoms with E-state index in [0.717, 1.165) is 4.90 Å². The Balaban J connectivity index is 1.89. The fraction of sp³-hybridized carbons (Fsp3) is 0.167. The van der Waals surface area contributed by atoms with Crippen LogP contribution in [0.3, 0.4) is 0 Å². The van der Waals surface area contributed by atoms with E-state index in [4.69, 9.17) is 5.11 Å². The Bertz CT molecular complexity index is 731. The second-order valence-corrected chi connectivity index (χ2v) is 6.10. The number of carboxylic acid groups (broad SMARTS) is 1. The van der Waals surface area contributed by atoms with Crippen LogP contribution in [0.15, 0.2) is 59.5 Å². The summed E-state index contributed by atoms with van der Waals surface area (Å²) in [7, 11) is 0. The third-order valence-electron chi connectivity index (χ3n) is 3.15. The molecule has 2 N–H and O–H groups in total. The van der Waals surface area contributed by atoms with Crippen molar-refractivity contribution in [1.29, 1.82) is 0 Å². The first kappa shape index (κ1) is 17.7. The van der Waals surface area contributed by atoms with Gasteiger partial charge in [0.15, 0.2) is 5.78 Å². The number of aliphatic carboxylic acids is 1. The summed E-state index contributed by atoms with van der Waals surface area (Å²) < 4.78 is 0. The van der Waals surface area contributed by atoms with Crippen molar-refractivity contribution in [2.45, 2.75) is 17.7 Å². The average Bonchev–Trinajstić information content (AvgIpc) is 2.59. The van der Waals surface area contributed by atoms with Gasteiger partial charge in [0.2, 0.25) is 5.91 Å². The Morgan fingerprint density at radius 1 is 0.958 bits per heavy atom. The molecule has 0 fully saturated rings. The van der Waals surface area contributed by atoms with Gasteiger partial charge < -0.3 is 10.4 Å². The summed E-state index contributed by atoms with van der Waals surface area (Å²) in [5.74, 6) is -1.01. The molecule has 0 atom stereocenters. The minimum absolute atomic E-state index is 0.0384. The third-order valence-corrected chi connectivity index (χ3v) is 4.14. The molecule has 124 valence electrons. The van der Waals surface area contributed by atoms with Crippen LogP contribution in [0.1, 0.15) is 23.2 Å². The monoisotopic (exact) mass is 343 g/mol. The maximum atomic E-state index is 12.1. The van der Waals surface area contributed by atoms with Crippen molar-refractivity contribution in [3.8, 4) is 0 Å². The molecule has 5 nitrogen and oxygen atoms in total. The van der Waals surface area contributed by atoms with Crippen molar-refractivity contribution in [1.82, 2.24) is 0 Å². The van der Waals surface area contributed by atoms with E-state index in [1.54, 1.807) is 30.3 Å². The van der Waals surface area contributed by atoms with E-state index < -0.39 is 5.97 Å². The molecule has 24 heavy (non-hydrogen) atoms. The Labute approximate surface area is 144 Å². The third kappa shape index (κ3) is 5.89. The lowest BCUT2D eigenvalue weighted by Gasteiger charge is -2.07. The number of carbonyl (C=O) groups is 3. The van der Waals surface area contributed by atoms with Gasteiger partial charge in [0.05, 0.1) is 12.2 Å². The smallest absolute Gasteiger partial charge is 0.303 e. The van der Waals surface area contributed by atoms with Crippen molar-refractivity contribution < 1.29 is 19.5 Å². The number of carbonyl (C=O) groups excluding carboxylic acids is 2. The second-order valence-electron chi connectivity index (χ2n) is 5.05. The summed E-state index contributed by atoms with van der Waals surface area (Å²) in [6.07, 6.45) is -0.273. The molecule has 0 saturated heterocycles. The standard InChI is InChI=1S/C18H17NO4S/c20-16(13-5-2-1-3-6-13)12-24-15-8-4-7-14(11-15)19-17(21)9-10-18(22)23/h1-8,11H,9-10,12H2,(H,19,21)(H,22,23). The van der Waals surface area contributed by atoms with Crippen LogP contribution in [0.2, 0.25) is 0 Å². The molecule has 6 heteroatoms. The number of ketones is 1. The van der Waals surface area contributed by atoms with Crippen molar-refractivity contribution in [3.05, 3.63) is 60.2 Å². The minimum atomic E-state index is -1.01. The van der Waals surface area contributed by atoms with Gasteiger partial charge in [-0.2, -0.15) is 0 Å². The molecule has 0 heterocycles. The first-order chi connectivity index (χ1) is 11.5. The molecule has 0 unspecified atom stereocenters. The predicted octanol–water partition coefficient (Wildman–Crippen LogP) is 3.46. The van der Waals surface area contributed by atoms with E-state index in [0.29, 0.717) is 17.0 Å². The summed E-state index contributed by atoms with van der Waals surface area (Å²) in [5, 5.41) is 11.2. The average molecular weight is 343 g/mol. The second kappa shape index (κ2) is 8.88. The fourth-order valence-corrected chi connectivity index (χ4v) is 2.81. The van der Waals surface area contributed by atoms with E-state index >= 15 is 0 Å². The van der Waals surface area contributed by atoms with Crippen LogP contribution >= 0.6 is 11.8 Å². The zero-order chi connectivity index (χ0) is 17.4. The predicted molar refractivity (Wildman–Crippen MR) is 93.4 cm³/mol. The van der Waals surface area contributed by atoms with Gasteiger partial charge in [-0.3, -0.25) is 14.4 Å². The van der Waals surface area contributed by atoms with Crippen molar-refractivity contribution >= 4 is 35.1 Å². The molecule has 0 radical (unpaired) electrons. The maximum absolute atomic E-state index is 12.1. The highest BCUT2D eigenvalue weighted by molar-refractivity contribution is 8.00. The van der Waals surface area contributed by atoms with Gasteiger partial charge in [0.1, 0.15) is 0 Å². The summed E-state index contributed by atoms with van der Waals surface area (Å²) >= 11 is 1.39. The van der Waals surface area contributed by atoms with Crippen LogP contribution in [0.4, 0.5) is 5.69 Å². The van der Waals surface area contributed by atoms with Crippen LogP contribution < -0.4 is 5.32 Å². The summed E-state index contributed by atoms with van der Waals surface area (Å²) in [4.78, 5) is 35.0. The molecule has 0 aliphatic heterocycles. The van der Waals surface area contributed by atoms with Crippen LogP contribution in [0, 0.1) is 0 Å². The number of hydrogen-bond acceptors (Lipinski definition) is 4. The first-order valence-electron chi connectivity index (χ1n) is 7.37. The number of nitrogens with one attached hydrogen (secondary N) is 1. The van der Waals surface area contributed by atoms with Crippen LogP contribution in [-0.4, -0.2) is 28.5 Å². The highest BCUT2D eigenvalue weighted by Crippen LogP contribution is 2.22. The van der Waals surface area contributed by atoms with Crippen LogP contribution in [0.25, 0.3) is 0 Å². The first-order valence-corrected chi connectivity index (χ1v) is 8.36.